The van der Waals surface area contributed by atoms with E-state index in [1.54, 1.807) is 14.2 Å². The maximum atomic E-state index is 5.90. The molecule has 1 N–H and O–H groups in total. The van der Waals surface area contributed by atoms with Crippen molar-refractivity contribution in [1.82, 2.24) is 15.3 Å². The molecule has 27 heavy (non-hydrogen) atoms. The van der Waals surface area contributed by atoms with Gasteiger partial charge in [0.15, 0.2) is 11.5 Å². The Balaban J connectivity index is 1.77. The summed E-state index contributed by atoms with van der Waals surface area (Å²) in [7, 11) is 3.28. The highest BCUT2D eigenvalue weighted by molar-refractivity contribution is 5.87. The van der Waals surface area contributed by atoms with Crippen molar-refractivity contribution in [2.45, 2.75) is 0 Å². The Morgan fingerprint density at radius 2 is 1.74 bits per heavy atom. The molecule has 0 fully saturated rings. The van der Waals surface area contributed by atoms with Crippen LogP contribution in [0.3, 0.4) is 0 Å². The van der Waals surface area contributed by atoms with Crippen molar-refractivity contribution in [3.05, 3.63) is 48.8 Å². The first-order chi connectivity index (χ1) is 13.3. The predicted octanol–water partition coefficient (Wildman–Crippen LogP) is 3.05. The Kier molecular flexibility index (Phi) is 6.78. The van der Waals surface area contributed by atoms with E-state index in [1.165, 1.54) is 6.33 Å². The summed E-state index contributed by atoms with van der Waals surface area (Å²) in [5.41, 5.74) is 0.721. The SMILES string of the molecule is COCCNCCOc1cc2ncnc(Oc3ccccc3)c2cc1OC. The van der Waals surface area contributed by atoms with Crippen molar-refractivity contribution in [3.8, 4) is 23.1 Å². The number of aromatic nitrogens is 2. The maximum Gasteiger partial charge on any atom is 0.230 e. The fourth-order valence-corrected chi connectivity index (χ4v) is 2.53. The molecule has 7 heteroatoms. The normalized spacial score (nSPS) is 10.7. The maximum absolute atomic E-state index is 5.90. The van der Waals surface area contributed by atoms with Crippen molar-refractivity contribution < 1.29 is 18.9 Å². The number of rotatable bonds is 10. The highest BCUT2D eigenvalue weighted by atomic mass is 16.5. The second kappa shape index (κ2) is 9.70. The molecule has 0 aliphatic carbocycles. The summed E-state index contributed by atoms with van der Waals surface area (Å²) < 4.78 is 22.2. The van der Waals surface area contributed by atoms with Crippen LogP contribution >= 0.6 is 0 Å². The van der Waals surface area contributed by atoms with Crippen LogP contribution in [0.1, 0.15) is 0 Å². The van der Waals surface area contributed by atoms with Gasteiger partial charge in [0.25, 0.3) is 0 Å². The standard InChI is InChI=1S/C20H23N3O4/c1-24-10-8-21-9-11-26-19-13-17-16(12-18(19)25-2)20(23-14-22-17)27-15-6-4-3-5-7-15/h3-7,12-14,21H,8-11H2,1-2H3. The van der Waals surface area contributed by atoms with Crippen molar-refractivity contribution in [2.75, 3.05) is 40.5 Å². The van der Waals surface area contributed by atoms with Gasteiger partial charge in [0.2, 0.25) is 5.88 Å². The quantitative estimate of drug-likeness (QED) is 0.551. The molecule has 7 nitrogen and oxygen atoms in total. The molecular formula is C20H23N3O4. The summed E-state index contributed by atoms with van der Waals surface area (Å²) in [5, 5.41) is 3.98. The molecule has 3 aromatic rings. The molecule has 142 valence electrons. The first-order valence-corrected chi connectivity index (χ1v) is 8.70. The minimum atomic E-state index is 0.470. The number of nitrogens with one attached hydrogen (secondary N) is 1. The number of benzene rings is 2. The van der Waals surface area contributed by atoms with E-state index in [4.69, 9.17) is 18.9 Å². The highest BCUT2D eigenvalue weighted by Crippen LogP contribution is 2.35. The van der Waals surface area contributed by atoms with Crippen LogP contribution < -0.4 is 19.5 Å². The van der Waals surface area contributed by atoms with Gasteiger partial charge in [-0.3, -0.25) is 0 Å². The molecule has 1 heterocycles. The first-order valence-electron chi connectivity index (χ1n) is 8.70. The molecule has 0 saturated heterocycles. The minimum Gasteiger partial charge on any atom is -0.493 e. The Hall–Kier alpha value is -2.90. The van der Waals surface area contributed by atoms with Crippen LogP contribution in [0.2, 0.25) is 0 Å². The Morgan fingerprint density at radius 1 is 0.926 bits per heavy atom. The number of fused-ring (bicyclic) bond motifs is 1. The lowest BCUT2D eigenvalue weighted by Gasteiger charge is -2.13. The molecule has 0 saturated carbocycles. The van der Waals surface area contributed by atoms with E-state index in [0.717, 1.165) is 17.4 Å². The molecule has 0 aliphatic heterocycles. The molecule has 0 atom stereocenters. The van der Waals surface area contributed by atoms with Gasteiger partial charge in [-0.25, -0.2) is 9.97 Å². The van der Waals surface area contributed by atoms with Crippen LogP contribution in [0, 0.1) is 0 Å². The highest BCUT2D eigenvalue weighted by Gasteiger charge is 2.13. The van der Waals surface area contributed by atoms with Gasteiger partial charge in [-0.1, -0.05) is 18.2 Å². The zero-order chi connectivity index (χ0) is 18.9. The van der Waals surface area contributed by atoms with Gasteiger partial charge in [-0.05, 0) is 18.2 Å². The lowest BCUT2D eigenvalue weighted by atomic mass is 10.2. The van der Waals surface area contributed by atoms with Crippen LogP contribution in [-0.4, -0.2) is 50.5 Å². The Morgan fingerprint density at radius 3 is 2.52 bits per heavy atom. The van der Waals surface area contributed by atoms with E-state index in [-0.39, 0.29) is 0 Å². The van der Waals surface area contributed by atoms with E-state index in [2.05, 4.69) is 15.3 Å². The van der Waals surface area contributed by atoms with Gasteiger partial charge < -0.3 is 24.3 Å². The summed E-state index contributed by atoms with van der Waals surface area (Å²) in [6.07, 6.45) is 1.48. The fourth-order valence-electron chi connectivity index (χ4n) is 2.53. The van der Waals surface area contributed by atoms with Gasteiger partial charge in [-0.15, -0.1) is 0 Å². The molecule has 0 aliphatic rings. The summed E-state index contributed by atoms with van der Waals surface area (Å²) in [6.45, 7) is 2.66. The van der Waals surface area contributed by atoms with E-state index >= 15 is 0 Å². The molecule has 3 rings (SSSR count). The lowest BCUT2D eigenvalue weighted by molar-refractivity contribution is 0.196. The van der Waals surface area contributed by atoms with Crippen molar-refractivity contribution in [1.29, 1.82) is 0 Å². The average molecular weight is 369 g/mol. The molecule has 0 amide bonds. The van der Waals surface area contributed by atoms with Crippen molar-refractivity contribution in [3.63, 3.8) is 0 Å². The van der Waals surface area contributed by atoms with Gasteiger partial charge in [0.05, 0.1) is 24.6 Å². The summed E-state index contributed by atoms with van der Waals surface area (Å²) >= 11 is 0. The summed E-state index contributed by atoms with van der Waals surface area (Å²) in [6, 6.07) is 13.2. The van der Waals surface area contributed by atoms with Crippen LogP contribution in [-0.2, 0) is 4.74 Å². The first kappa shape index (κ1) is 18.9. The third-order valence-electron chi connectivity index (χ3n) is 3.86. The fraction of sp³-hybridized carbons (Fsp3) is 0.300. The second-order valence-corrected chi connectivity index (χ2v) is 5.71. The van der Waals surface area contributed by atoms with Crippen LogP contribution in [0.25, 0.3) is 10.9 Å². The number of hydrogen-bond acceptors (Lipinski definition) is 7. The molecule has 0 unspecified atom stereocenters. The third-order valence-corrected chi connectivity index (χ3v) is 3.86. The third kappa shape index (κ3) is 5.06. The van der Waals surface area contributed by atoms with E-state index < -0.39 is 0 Å². The molecule has 0 radical (unpaired) electrons. The average Bonchev–Trinajstić information content (AvgIpc) is 2.71. The van der Waals surface area contributed by atoms with E-state index in [1.807, 2.05) is 42.5 Å². The van der Waals surface area contributed by atoms with Crippen molar-refractivity contribution in [2.24, 2.45) is 0 Å². The largest absolute Gasteiger partial charge is 0.493 e. The lowest BCUT2D eigenvalue weighted by Crippen LogP contribution is -2.24. The molecule has 0 spiro atoms. The zero-order valence-electron chi connectivity index (χ0n) is 15.5. The number of hydrogen-bond donors (Lipinski definition) is 1. The predicted molar refractivity (Wildman–Crippen MR) is 103 cm³/mol. The van der Waals surface area contributed by atoms with Gasteiger partial charge in [0, 0.05) is 26.3 Å². The smallest absolute Gasteiger partial charge is 0.230 e. The Bertz CT molecular complexity index is 858. The topological polar surface area (TPSA) is 74.7 Å². The zero-order valence-corrected chi connectivity index (χ0v) is 15.5. The van der Waals surface area contributed by atoms with Gasteiger partial charge in [-0.2, -0.15) is 0 Å². The van der Waals surface area contributed by atoms with Gasteiger partial charge in [0.1, 0.15) is 18.7 Å². The van der Waals surface area contributed by atoms with Crippen LogP contribution in [0.15, 0.2) is 48.8 Å². The second-order valence-electron chi connectivity index (χ2n) is 5.71. The molecular weight excluding hydrogens is 346 g/mol. The van der Waals surface area contributed by atoms with Crippen LogP contribution in [0.5, 0.6) is 23.1 Å². The van der Waals surface area contributed by atoms with Gasteiger partial charge >= 0.3 is 0 Å². The monoisotopic (exact) mass is 369 g/mol. The van der Waals surface area contributed by atoms with E-state index in [9.17, 15) is 0 Å². The summed E-state index contributed by atoms with van der Waals surface area (Å²) in [5.74, 6) is 2.41. The molecule has 1 aromatic heterocycles. The summed E-state index contributed by atoms with van der Waals surface area (Å²) in [4.78, 5) is 8.59. The minimum absolute atomic E-state index is 0.470. The number of para-hydroxylation sites is 1. The number of methoxy groups -OCH3 is 2. The number of nitrogens with zero attached hydrogens (tertiary/aromatic N) is 2. The molecule has 0 bridgehead atoms. The Labute approximate surface area is 158 Å². The van der Waals surface area contributed by atoms with E-state index in [0.29, 0.717) is 42.9 Å². The molecule has 2 aromatic carbocycles. The number of ether oxygens (including phenoxy) is 4. The van der Waals surface area contributed by atoms with Crippen molar-refractivity contribution >= 4 is 10.9 Å². The van der Waals surface area contributed by atoms with Crippen LogP contribution in [0.4, 0.5) is 0 Å².